The predicted octanol–water partition coefficient (Wildman–Crippen LogP) is 1.40. The van der Waals surface area contributed by atoms with Crippen LogP contribution in [0.4, 0.5) is 0 Å². The number of aliphatic carboxylic acids is 1. The lowest BCUT2D eigenvalue weighted by Gasteiger charge is -2.20. The van der Waals surface area contributed by atoms with Crippen molar-refractivity contribution in [2.24, 2.45) is 5.92 Å². The molecule has 2 atom stereocenters. The van der Waals surface area contributed by atoms with E-state index in [1.54, 1.807) is 7.05 Å². The Morgan fingerprint density at radius 2 is 2.44 bits per heavy atom. The standard InChI is InChI=1S/C9H9ClN2O3S/c1-12-6(13)2-4(9(14)15)7(12)8-11-3-5(10)16-8/h3-4,7H,2H2,1H3,(H,14,15). The summed E-state index contributed by atoms with van der Waals surface area (Å²) in [6.45, 7) is 0. The molecule has 0 radical (unpaired) electrons. The average molecular weight is 261 g/mol. The van der Waals surface area contributed by atoms with Crippen molar-refractivity contribution in [2.75, 3.05) is 7.05 Å². The van der Waals surface area contributed by atoms with Gasteiger partial charge in [0.2, 0.25) is 5.91 Å². The Kier molecular flexibility index (Phi) is 2.86. The summed E-state index contributed by atoms with van der Waals surface area (Å²) < 4.78 is 0.492. The first-order valence-electron chi connectivity index (χ1n) is 4.60. The zero-order valence-electron chi connectivity index (χ0n) is 8.38. The van der Waals surface area contributed by atoms with Gasteiger partial charge in [-0.15, -0.1) is 11.3 Å². The van der Waals surface area contributed by atoms with Crippen LogP contribution >= 0.6 is 22.9 Å². The molecule has 1 fully saturated rings. The second-order valence-electron chi connectivity index (χ2n) is 3.60. The van der Waals surface area contributed by atoms with E-state index < -0.39 is 17.9 Å². The smallest absolute Gasteiger partial charge is 0.309 e. The molecule has 5 nitrogen and oxygen atoms in total. The van der Waals surface area contributed by atoms with Crippen LogP contribution in [0.2, 0.25) is 4.34 Å². The number of rotatable bonds is 2. The zero-order chi connectivity index (χ0) is 11.9. The van der Waals surface area contributed by atoms with Crippen molar-refractivity contribution in [2.45, 2.75) is 12.5 Å². The van der Waals surface area contributed by atoms with E-state index in [0.29, 0.717) is 9.34 Å². The molecule has 7 heteroatoms. The van der Waals surface area contributed by atoms with Crippen LogP contribution in [0.15, 0.2) is 6.20 Å². The fraction of sp³-hybridized carbons (Fsp3) is 0.444. The second kappa shape index (κ2) is 4.03. The summed E-state index contributed by atoms with van der Waals surface area (Å²) in [5.41, 5.74) is 0. The SMILES string of the molecule is CN1C(=O)CC(C(=O)O)C1c1ncc(Cl)s1. The predicted molar refractivity (Wildman–Crippen MR) is 58.4 cm³/mol. The van der Waals surface area contributed by atoms with Crippen LogP contribution < -0.4 is 0 Å². The Morgan fingerprint density at radius 1 is 1.75 bits per heavy atom. The van der Waals surface area contributed by atoms with Crippen molar-refractivity contribution in [3.05, 3.63) is 15.5 Å². The Hall–Kier alpha value is -1.14. The molecule has 1 amide bonds. The summed E-state index contributed by atoms with van der Waals surface area (Å²) in [7, 11) is 1.59. The van der Waals surface area contributed by atoms with E-state index in [1.165, 1.54) is 22.4 Å². The van der Waals surface area contributed by atoms with E-state index >= 15 is 0 Å². The Balaban J connectivity index is 2.36. The lowest BCUT2D eigenvalue weighted by Crippen LogP contribution is -2.26. The molecule has 1 aromatic rings. The number of halogens is 1. The molecule has 86 valence electrons. The van der Waals surface area contributed by atoms with Crippen LogP contribution in [0.1, 0.15) is 17.5 Å². The Bertz CT molecular complexity index is 448. The Morgan fingerprint density at radius 3 is 2.94 bits per heavy atom. The molecular formula is C9H9ClN2O3S. The molecule has 0 aliphatic carbocycles. The number of thiazole rings is 1. The van der Waals surface area contributed by atoms with Gasteiger partial charge in [0.15, 0.2) is 0 Å². The van der Waals surface area contributed by atoms with Crippen molar-refractivity contribution in [1.29, 1.82) is 0 Å². The average Bonchev–Trinajstić information content (AvgIpc) is 2.73. The third kappa shape index (κ3) is 1.78. The number of carboxylic acid groups (broad SMARTS) is 1. The fourth-order valence-electron chi connectivity index (χ4n) is 1.83. The maximum atomic E-state index is 11.5. The topological polar surface area (TPSA) is 70.5 Å². The fourth-order valence-corrected chi connectivity index (χ4v) is 2.97. The van der Waals surface area contributed by atoms with Gasteiger partial charge in [-0.1, -0.05) is 11.6 Å². The number of carbonyl (C=O) groups is 2. The molecule has 0 spiro atoms. The quantitative estimate of drug-likeness (QED) is 0.873. The molecule has 2 heterocycles. The molecule has 1 saturated heterocycles. The van der Waals surface area contributed by atoms with Crippen molar-refractivity contribution < 1.29 is 14.7 Å². The highest BCUT2D eigenvalue weighted by Gasteiger charge is 2.44. The molecule has 16 heavy (non-hydrogen) atoms. The van der Waals surface area contributed by atoms with Gasteiger partial charge in [-0.2, -0.15) is 0 Å². The molecule has 0 aromatic carbocycles. The second-order valence-corrected chi connectivity index (χ2v) is 5.29. The van der Waals surface area contributed by atoms with Crippen LogP contribution in [-0.4, -0.2) is 33.9 Å². The number of hydrogen-bond acceptors (Lipinski definition) is 4. The van der Waals surface area contributed by atoms with Gasteiger partial charge >= 0.3 is 5.97 Å². The van der Waals surface area contributed by atoms with Gasteiger partial charge in [0, 0.05) is 13.5 Å². The van der Waals surface area contributed by atoms with Crippen LogP contribution in [0.3, 0.4) is 0 Å². The summed E-state index contributed by atoms with van der Waals surface area (Å²) in [6.07, 6.45) is 1.49. The Labute approximate surface area is 101 Å². The van der Waals surface area contributed by atoms with Gasteiger partial charge in [-0.05, 0) is 0 Å². The third-order valence-electron chi connectivity index (χ3n) is 2.65. The molecule has 1 aliphatic heterocycles. The molecule has 1 aliphatic rings. The maximum absolute atomic E-state index is 11.5. The van der Waals surface area contributed by atoms with Crippen molar-refractivity contribution in [3.8, 4) is 0 Å². The van der Waals surface area contributed by atoms with E-state index in [-0.39, 0.29) is 12.3 Å². The van der Waals surface area contributed by atoms with E-state index in [4.69, 9.17) is 16.7 Å². The highest BCUT2D eigenvalue weighted by molar-refractivity contribution is 7.15. The van der Waals surface area contributed by atoms with Gasteiger partial charge in [-0.25, -0.2) is 4.98 Å². The minimum Gasteiger partial charge on any atom is -0.481 e. The number of carboxylic acids is 1. The van der Waals surface area contributed by atoms with Gasteiger partial charge in [0.05, 0.1) is 18.2 Å². The first kappa shape index (κ1) is 11.3. The maximum Gasteiger partial charge on any atom is 0.309 e. The number of carbonyl (C=O) groups excluding carboxylic acids is 1. The molecule has 2 rings (SSSR count). The zero-order valence-corrected chi connectivity index (χ0v) is 9.96. The van der Waals surface area contributed by atoms with E-state index in [9.17, 15) is 9.59 Å². The molecule has 1 N–H and O–H groups in total. The molecular weight excluding hydrogens is 252 g/mol. The monoisotopic (exact) mass is 260 g/mol. The summed E-state index contributed by atoms with van der Waals surface area (Å²) >= 11 is 6.96. The number of amides is 1. The van der Waals surface area contributed by atoms with E-state index in [1.807, 2.05) is 0 Å². The largest absolute Gasteiger partial charge is 0.481 e. The number of aromatic nitrogens is 1. The minimum atomic E-state index is -0.978. The summed E-state index contributed by atoms with van der Waals surface area (Å²) in [6, 6.07) is -0.498. The lowest BCUT2D eigenvalue weighted by atomic mass is 10.0. The van der Waals surface area contributed by atoms with Crippen LogP contribution in [0, 0.1) is 5.92 Å². The van der Waals surface area contributed by atoms with Gasteiger partial charge in [0.1, 0.15) is 9.34 Å². The normalized spacial score (nSPS) is 25.1. The molecule has 2 unspecified atom stereocenters. The van der Waals surface area contributed by atoms with Crippen molar-refractivity contribution in [1.82, 2.24) is 9.88 Å². The van der Waals surface area contributed by atoms with Crippen LogP contribution in [0.25, 0.3) is 0 Å². The third-order valence-corrected chi connectivity index (χ3v) is 3.84. The molecule has 0 saturated carbocycles. The molecule has 0 bridgehead atoms. The number of likely N-dealkylation sites (tertiary alicyclic amines) is 1. The van der Waals surface area contributed by atoms with E-state index in [0.717, 1.165) is 0 Å². The van der Waals surface area contributed by atoms with Gasteiger partial charge in [-0.3, -0.25) is 9.59 Å². The lowest BCUT2D eigenvalue weighted by molar-refractivity contribution is -0.142. The van der Waals surface area contributed by atoms with Crippen LogP contribution in [0.5, 0.6) is 0 Å². The van der Waals surface area contributed by atoms with Crippen LogP contribution in [-0.2, 0) is 9.59 Å². The summed E-state index contributed by atoms with van der Waals surface area (Å²) in [5.74, 6) is -1.89. The first-order valence-corrected chi connectivity index (χ1v) is 5.80. The summed E-state index contributed by atoms with van der Waals surface area (Å²) in [5, 5.41) is 9.63. The number of hydrogen-bond donors (Lipinski definition) is 1. The highest BCUT2D eigenvalue weighted by atomic mass is 35.5. The molecule has 1 aromatic heterocycles. The van der Waals surface area contributed by atoms with Crippen molar-refractivity contribution >= 4 is 34.8 Å². The number of nitrogens with zero attached hydrogens (tertiary/aromatic N) is 2. The highest BCUT2D eigenvalue weighted by Crippen LogP contribution is 2.39. The van der Waals surface area contributed by atoms with E-state index in [2.05, 4.69) is 4.98 Å². The van der Waals surface area contributed by atoms with Crippen molar-refractivity contribution in [3.63, 3.8) is 0 Å². The minimum absolute atomic E-state index is 0.0215. The van der Waals surface area contributed by atoms with Gasteiger partial charge < -0.3 is 10.0 Å². The van der Waals surface area contributed by atoms with Gasteiger partial charge in [0.25, 0.3) is 0 Å². The summed E-state index contributed by atoms with van der Waals surface area (Å²) in [4.78, 5) is 28.0. The first-order chi connectivity index (χ1) is 7.50.